The number of ether oxygens (including phenoxy) is 1. The quantitative estimate of drug-likeness (QED) is 0.136. The van der Waals surface area contributed by atoms with Gasteiger partial charge in [0.15, 0.2) is 4.34 Å². The normalized spacial score (nSPS) is 11.3. The summed E-state index contributed by atoms with van der Waals surface area (Å²) < 4.78 is 7.26. The van der Waals surface area contributed by atoms with Crippen LogP contribution in [0.25, 0.3) is 21.0 Å². The third-order valence-corrected chi connectivity index (χ3v) is 7.33. The number of hydrogen-bond acceptors (Lipinski definition) is 8. The van der Waals surface area contributed by atoms with Crippen molar-refractivity contribution in [1.29, 1.82) is 0 Å². The van der Waals surface area contributed by atoms with E-state index in [0.29, 0.717) is 17.1 Å². The second-order valence-corrected chi connectivity index (χ2v) is 9.88. The number of rotatable bonds is 8. The Morgan fingerprint density at radius 3 is 2.77 bits per heavy atom. The van der Waals surface area contributed by atoms with Gasteiger partial charge in [0.1, 0.15) is 5.75 Å². The van der Waals surface area contributed by atoms with Crippen molar-refractivity contribution < 1.29 is 9.66 Å². The molecule has 9 heteroatoms. The number of aromatic nitrogens is 1. The molecule has 0 aliphatic carbocycles. The summed E-state index contributed by atoms with van der Waals surface area (Å²) in [6, 6.07) is 24.8. The lowest BCUT2D eigenvalue weighted by Crippen LogP contribution is -1.95. The summed E-state index contributed by atoms with van der Waals surface area (Å²) in [5.41, 5.74) is 5.31. The number of fused-ring (bicyclic) bond motifs is 2. The number of thiazole rings is 1. The first-order valence-corrected chi connectivity index (χ1v) is 12.5. The van der Waals surface area contributed by atoms with Crippen LogP contribution in [0, 0.1) is 10.1 Å². The monoisotopic (exact) mass is 500 g/mol. The second-order valence-electron chi connectivity index (χ2n) is 7.56. The van der Waals surface area contributed by atoms with Gasteiger partial charge in [0, 0.05) is 11.6 Å². The molecule has 0 saturated heterocycles. The highest BCUT2D eigenvalue weighted by Gasteiger charge is 2.17. The van der Waals surface area contributed by atoms with Crippen LogP contribution in [-0.2, 0) is 0 Å². The molecule has 5 rings (SSSR count). The van der Waals surface area contributed by atoms with Crippen LogP contribution in [0.2, 0.25) is 0 Å². The van der Waals surface area contributed by atoms with Crippen molar-refractivity contribution in [3.05, 3.63) is 94.5 Å². The number of nitrogens with one attached hydrogen (secondary N) is 1. The first-order chi connectivity index (χ1) is 17.1. The summed E-state index contributed by atoms with van der Waals surface area (Å²) in [4.78, 5) is 16.5. The zero-order valence-electron chi connectivity index (χ0n) is 18.7. The Balaban J connectivity index is 1.33. The van der Waals surface area contributed by atoms with Gasteiger partial charge in [-0.3, -0.25) is 15.5 Å². The van der Waals surface area contributed by atoms with Gasteiger partial charge in [-0.15, -0.1) is 11.3 Å². The maximum absolute atomic E-state index is 11.8. The maximum atomic E-state index is 11.8. The van der Waals surface area contributed by atoms with E-state index in [1.807, 2.05) is 67.6 Å². The first-order valence-electron chi connectivity index (χ1n) is 10.9. The molecule has 0 aliphatic heterocycles. The van der Waals surface area contributed by atoms with Gasteiger partial charge >= 0.3 is 0 Å². The van der Waals surface area contributed by atoms with Crippen LogP contribution in [0.4, 0.5) is 11.4 Å². The summed E-state index contributed by atoms with van der Waals surface area (Å²) in [6.45, 7) is 2.52. The Bertz CT molecular complexity index is 1570. The van der Waals surface area contributed by atoms with Gasteiger partial charge in [0.2, 0.25) is 0 Å². The van der Waals surface area contributed by atoms with Crippen molar-refractivity contribution in [2.24, 2.45) is 5.10 Å². The van der Waals surface area contributed by atoms with Crippen molar-refractivity contribution in [3.63, 3.8) is 0 Å². The smallest absolute Gasteiger partial charge is 0.283 e. The molecule has 5 aromatic rings. The lowest BCUT2D eigenvalue weighted by molar-refractivity contribution is -0.387. The zero-order valence-corrected chi connectivity index (χ0v) is 20.3. The van der Waals surface area contributed by atoms with Crippen molar-refractivity contribution >= 4 is 61.7 Å². The number of hydrogen-bond donors (Lipinski definition) is 1. The summed E-state index contributed by atoms with van der Waals surface area (Å²) in [7, 11) is 0. The fourth-order valence-corrected chi connectivity index (χ4v) is 5.70. The van der Waals surface area contributed by atoms with Gasteiger partial charge < -0.3 is 4.74 Å². The molecule has 0 atom stereocenters. The van der Waals surface area contributed by atoms with E-state index in [4.69, 9.17) is 4.74 Å². The van der Waals surface area contributed by atoms with E-state index >= 15 is 0 Å². The number of nitrogens with zero attached hydrogens (tertiary/aromatic N) is 3. The first kappa shape index (κ1) is 22.8. The summed E-state index contributed by atoms with van der Waals surface area (Å²) in [5.74, 6) is 0.784. The highest BCUT2D eigenvalue weighted by atomic mass is 32.2. The van der Waals surface area contributed by atoms with Gasteiger partial charge in [-0.05, 0) is 54.1 Å². The molecule has 0 unspecified atom stereocenters. The van der Waals surface area contributed by atoms with E-state index < -0.39 is 0 Å². The Kier molecular flexibility index (Phi) is 6.60. The van der Waals surface area contributed by atoms with E-state index in [9.17, 15) is 10.1 Å². The molecule has 1 N–H and O–H groups in total. The molecule has 174 valence electrons. The van der Waals surface area contributed by atoms with Crippen molar-refractivity contribution in [2.45, 2.75) is 16.2 Å². The highest BCUT2D eigenvalue weighted by Crippen LogP contribution is 2.39. The molecule has 0 spiro atoms. The van der Waals surface area contributed by atoms with Gasteiger partial charge in [-0.1, -0.05) is 48.2 Å². The van der Waals surface area contributed by atoms with Crippen LogP contribution in [0.3, 0.4) is 0 Å². The third-order valence-electron chi connectivity index (χ3n) is 5.18. The zero-order chi connectivity index (χ0) is 24.2. The van der Waals surface area contributed by atoms with Gasteiger partial charge in [0.25, 0.3) is 5.69 Å². The molecule has 1 heterocycles. The van der Waals surface area contributed by atoms with E-state index in [1.165, 1.54) is 29.2 Å². The molecule has 0 bridgehead atoms. The van der Waals surface area contributed by atoms with E-state index in [0.717, 1.165) is 36.8 Å². The average molecular weight is 501 g/mol. The van der Waals surface area contributed by atoms with Crippen LogP contribution in [0.15, 0.2) is 93.2 Å². The SMILES string of the molecule is CCOc1ccc2nc(Sc3ccc(/C=N\Nc4ccc5ccccc5c4)cc3[N+](=O)[O-])sc2c1. The predicted octanol–water partition coefficient (Wildman–Crippen LogP) is 7.35. The third kappa shape index (κ3) is 5.26. The average Bonchev–Trinajstić information content (AvgIpc) is 3.26. The molecule has 0 amide bonds. The van der Waals surface area contributed by atoms with Crippen LogP contribution < -0.4 is 10.2 Å². The van der Waals surface area contributed by atoms with Gasteiger partial charge in [-0.25, -0.2) is 4.98 Å². The molecular weight excluding hydrogens is 480 g/mol. The van der Waals surface area contributed by atoms with E-state index in [2.05, 4.69) is 15.5 Å². The lowest BCUT2D eigenvalue weighted by Gasteiger charge is -2.04. The molecular formula is C26H20N4O3S2. The van der Waals surface area contributed by atoms with Crippen molar-refractivity contribution in [2.75, 3.05) is 12.0 Å². The molecule has 35 heavy (non-hydrogen) atoms. The maximum Gasteiger partial charge on any atom is 0.283 e. The molecule has 4 aromatic carbocycles. The van der Waals surface area contributed by atoms with Gasteiger partial charge in [-0.2, -0.15) is 5.10 Å². The number of nitro benzene ring substituents is 1. The molecule has 0 aliphatic rings. The van der Waals surface area contributed by atoms with E-state index in [1.54, 1.807) is 18.3 Å². The Labute approximate surface area is 209 Å². The van der Waals surface area contributed by atoms with Gasteiger partial charge in [0.05, 0.1) is 38.5 Å². The molecule has 0 fully saturated rings. The van der Waals surface area contributed by atoms with Crippen LogP contribution in [0.1, 0.15) is 12.5 Å². The minimum absolute atomic E-state index is 0.0129. The Morgan fingerprint density at radius 2 is 1.94 bits per heavy atom. The minimum Gasteiger partial charge on any atom is -0.494 e. The standard InChI is InChI=1S/C26H20N4O3S2/c1-2-33-21-10-11-22-25(15-21)35-26(28-22)34-24-12-7-17(13-23(24)30(31)32)16-27-29-20-9-8-18-5-3-4-6-19(18)14-20/h3-16,29H,2H2,1H3/b27-16-. The van der Waals surface area contributed by atoms with E-state index in [-0.39, 0.29) is 10.6 Å². The lowest BCUT2D eigenvalue weighted by atomic mass is 10.1. The van der Waals surface area contributed by atoms with Crippen molar-refractivity contribution in [1.82, 2.24) is 4.98 Å². The number of anilines is 1. The minimum atomic E-state index is -0.378. The van der Waals surface area contributed by atoms with Crippen molar-refractivity contribution in [3.8, 4) is 5.75 Å². The number of hydrazone groups is 1. The second kappa shape index (κ2) is 10.1. The van der Waals surface area contributed by atoms with Crippen LogP contribution in [0.5, 0.6) is 5.75 Å². The summed E-state index contributed by atoms with van der Waals surface area (Å²) >= 11 is 2.76. The number of nitro groups is 1. The molecule has 7 nitrogen and oxygen atoms in total. The highest BCUT2D eigenvalue weighted by molar-refractivity contribution is 8.01. The fraction of sp³-hybridized carbons (Fsp3) is 0.0769. The largest absolute Gasteiger partial charge is 0.494 e. The summed E-state index contributed by atoms with van der Waals surface area (Å²) in [5, 5.41) is 18.3. The molecule has 0 saturated carbocycles. The summed E-state index contributed by atoms with van der Waals surface area (Å²) in [6.07, 6.45) is 1.57. The predicted molar refractivity (Wildman–Crippen MR) is 143 cm³/mol. The number of benzene rings is 4. The van der Waals surface area contributed by atoms with Crippen LogP contribution >= 0.6 is 23.1 Å². The Hall–Kier alpha value is -3.95. The molecule has 0 radical (unpaired) electrons. The molecule has 1 aromatic heterocycles. The topological polar surface area (TPSA) is 89.7 Å². The van der Waals surface area contributed by atoms with Crippen LogP contribution in [-0.4, -0.2) is 22.7 Å². The Morgan fingerprint density at radius 1 is 1.09 bits per heavy atom. The fourth-order valence-electron chi connectivity index (χ4n) is 3.56.